The van der Waals surface area contributed by atoms with E-state index in [2.05, 4.69) is 10.2 Å². The highest BCUT2D eigenvalue weighted by Gasteiger charge is 2.16. The van der Waals surface area contributed by atoms with E-state index < -0.39 is 11.9 Å². The summed E-state index contributed by atoms with van der Waals surface area (Å²) in [6.45, 7) is 2.53. The van der Waals surface area contributed by atoms with E-state index in [4.69, 9.17) is 9.47 Å². The lowest BCUT2D eigenvalue weighted by molar-refractivity contribution is 0.0694. The fourth-order valence-corrected chi connectivity index (χ4v) is 3.21. The van der Waals surface area contributed by atoms with Gasteiger partial charge in [-0.15, -0.1) is 5.10 Å². The Kier molecular flexibility index (Phi) is 5.66. The second kappa shape index (κ2) is 8.71. The first-order chi connectivity index (χ1) is 15.0. The number of benzene rings is 3. The van der Waals surface area contributed by atoms with Crippen LogP contribution in [0.5, 0.6) is 17.2 Å². The van der Waals surface area contributed by atoms with Crippen molar-refractivity contribution in [2.45, 2.75) is 6.92 Å². The fraction of sp³-hybridized carbons (Fsp3) is 0.0833. The number of aromatic nitrogens is 2. The highest BCUT2D eigenvalue weighted by atomic mass is 19.1. The molecule has 0 saturated carbocycles. The summed E-state index contributed by atoms with van der Waals surface area (Å²) in [5.74, 6) is -0.449. The smallest absolute Gasteiger partial charge is 0.339 e. The molecule has 0 atom stereocenters. The zero-order valence-electron chi connectivity index (χ0n) is 16.6. The number of aromatic carboxylic acids is 1. The van der Waals surface area contributed by atoms with Crippen LogP contribution in [0.4, 0.5) is 4.39 Å². The number of aromatic amines is 1. The molecular formula is C24H19FN2O4. The van der Waals surface area contributed by atoms with Crippen LogP contribution in [-0.2, 0) is 0 Å². The van der Waals surface area contributed by atoms with Gasteiger partial charge in [-0.25, -0.2) is 4.79 Å². The molecule has 0 aliphatic carbocycles. The maximum absolute atomic E-state index is 13.8. The van der Waals surface area contributed by atoms with Crippen LogP contribution in [0, 0.1) is 5.95 Å². The number of nitrogens with one attached hydrogen (secondary N) is 1. The van der Waals surface area contributed by atoms with E-state index in [0.29, 0.717) is 17.9 Å². The minimum Gasteiger partial charge on any atom is -0.494 e. The standard InChI is InChI=1S/C24H19FN2O4/c1-2-30-18-9-6-15(7-10-18)16-4-3-5-19(12-16)31-22-11-8-17(13-20(22)24(28)29)21-14-26-27-23(21)25/h3-14H,2H2,1H3,(H,26,27)(H,28,29). The lowest BCUT2D eigenvalue weighted by Gasteiger charge is -2.12. The molecule has 2 N–H and O–H groups in total. The molecule has 7 heteroatoms. The lowest BCUT2D eigenvalue weighted by atomic mass is 10.0. The van der Waals surface area contributed by atoms with Crippen LogP contribution >= 0.6 is 0 Å². The minimum absolute atomic E-state index is 0.0791. The number of hydrogen-bond donors (Lipinski definition) is 2. The second-order valence-electron chi connectivity index (χ2n) is 6.69. The van der Waals surface area contributed by atoms with Crippen molar-refractivity contribution in [1.82, 2.24) is 10.2 Å². The van der Waals surface area contributed by atoms with Crippen LogP contribution in [0.3, 0.4) is 0 Å². The molecule has 6 nitrogen and oxygen atoms in total. The van der Waals surface area contributed by atoms with Crippen LogP contribution in [0.15, 0.2) is 72.9 Å². The first-order valence-corrected chi connectivity index (χ1v) is 9.63. The minimum atomic E-state index is -1.18. The molecule has 0 saturated heterocycles. The largest absolute Gasteiger partial charge is 0.494 e. The van der Waals surface area contributed by atoms with Crippen molar-refractivity contribution >= 4 is 5.97 Å². The van der Waals surface area contributed by atoms with Crippen molar-refractivity contribution in [1.29, 1.82) is 0 Å². The van der Waals surface area contributed by atoms with Crippen molar-refractivity contribution in [2.75, 3.05) is 6.61 Å². The van der Waals surface area contributed by atoms with Crippen LogP contribution in [0.25, 0.3) is 22.3 Å². The lowest BCUT2D eigenvalue weighted by Crippen LogP contribution is -2.01. The van der Waals surface area contributed by atoms with Gasteiger partial charge in [0.05, 0.1) is 12.2 Å². The fourth-order valence-electron chi connectivity index (χ4n) is 3.21. The van der Waals surface area contributed by atoms with E-state index >= 15 is 0 Å². The van der Waals surface area contributed by atoms with Crippen molar-refractivity contribution in [2.24, 2.45) is 0 Å². The zero-order valence-corrected chi connectivity index (χ0v) is 16.6. The maximum atomic E-state index is 13.8. The van der Waals surface area contributed by atoms with Gasteiger partial charge in [-0.3, -0.25) is 5.10 Å². The molecule has 4 rings (SSSR count). The Bertz CT molecular complexity index is 1220. The summed E-state index contributed by atoms with van der Waals surface area (Å²) in [5, 5.41) is 15.5. The molecular weight excluding hydrogens is 399 g/mol. The molecule has 4 aromatic rings. The Hall–Kier alpha value is -4.13. The number of carboxylic acid groups (broad SMARTS) is 1. The summed E-state index contributed by atoms with van der Waals surface area (Å²) >= 11 is 0. The molecule has 0 radical (unpaired) electrons. The number of carboxylic acids is 1. The van der Waals surface area contributed by atoms with Gasteiger partial charge >= 0.3 is 5.97 Å². The van der Waals surface area contributed by atoms with Crippen LogP contribution in [0.1, 0.15) is 17.3 Å². The molecule has 0 aliphatic heterocycles. The quantitative estimate of drug-likeness (QED) is 0.398. The van der Waals surface area contributed by atoms with Gasteiger partial charge in [0.1, 0.15) is 22.8 Å². The molecule has 3 aromatic carbocycles. The normalized spacial score (nSPS) is 10.6. The van der Waals surface area contributed by atoms with Crippen molar-refractivity contribution in [3.05, 3.63) is 84.4 Å². The van der Waals surface area contributed by atoms with Gasteiger partial charge in [0.15, 0.2) is 0 Å². The Morgan fingerprint density at radius 2 is 1.77 bits per heavy atom. The summed E-state index contributed by atoms with van der Waals surface area (Å²) in [6, 6.07) is 19.5. The Balaban J connectivity index is 1.62. The first-order valence-electron chi connectivity index (χ1n) is 9.63. The number of H-pyrrole nitrogens is 1. The van der Waals surface area contributed by atoms with E-state index in [-0.39, 0.29) is 16.9 Å². The van der Waals surface area contributed by atoms with Crippen LogP contribution < -0.4 is 9.47 Å². The molecule has 0 unspecified atom stereocenters. The molecule has 0 amide bonds. The van der Waals surface area contributed by atoms with Gasteiger partial charge in [0.2, 0.25) is 5.95 Å². The average molecular weight is 418 g/mol. The van der Waals surface area contributed by atoms with Crippen LogP contribution in [0.2, 0.25) is 0 Å². The molecule has 0 spiro atoms. The number of rotatable bonds is 7. The van der Waals surface area contributed by atoms with E-state index in [1.54, 1.807) is 12.1 Å². The monoisotopic (exact) mass is 418 g/mol. The predicted octanol–water partition coefficient (Wildman–Crippen LogP) is 5.77. The van der Waals surface area contributed by atoms with Gasteiger partial charge in [-0.05, 0) is 60.0 Å². The number of nitrogens with zero attached hydrogens (tertiary/aromatic N) is 1. The molecule has 0 bridgehead atoms. The van der Waals surface area contributed by atoms with Gasteiger partial charge in [0.25, 0.3) is 0 Å². The van der Waals surface area contributed by atoms with E-state index in [0.717, 1.165) is 16.9 Å². The van der Waals surface area contributed by atoms with E-state index in [9.17, 15) is 14.3 Å². The van der Waals surface area contributed by atoms with E-state index in [1.807, 2.05) is 49.4 Å². The third kappa shape index (κ3) is 4.40. The third-order valence-electron chi connectivity index (χ3n) is 4.68. The molecule has 31 heavy (non-hydrogen) atoms. The summed E-state index contributed by atoms with van der Waals surface area (Å²) in [7, 11) is 0. The summed E-state index contributed by atoms with van der Waals surface area (Å²) < 4.78 is 25.1. The predicted molar refractivity (Wildman–Crippen MR) is 114 cm³/mol. The van der Waals surface area contributed by atoms with Crippen molar-refractivity contribution in [3.63, 3.8) is 0 Å². The Morgan fingerprint density at radius 3 is 2.45 bits per heavy atom. The summed E-state index contributed by atoms with van der Waals surface area (Å²) in [4.78, 5) is 11.8. The van der Waals surface area contributed by atoms with Crippen molar-refractivity contribution < 1.29 is 23.8 Å². The Morgan fingerprint density at radius 1 is 1.00 bits per heavy atom. The molecule has 156 valence electrons. The SMILES string of the molecule is CCOc1ccc(-c2cccc(Oc3ccc(-c4c[nH]nc4F)cc3C(=O)O)c2)cc1. The summed E-state index contributed by atoms with van der Waals surface area (Å²) in [6.07, 6.45) is 1.37. The van der Waals surface area contributed by atoms with E-state index in [1.165, 1.54) is 18.3 Å². The summed E-state index contributed by atoms with van der Waals surface area (Å²) in [5.41, 5.74) is 2.38. The molecule has 0 aliphatic rings. The highest BCUT2D eigenvalue weighted by molar-refractivity contribution is 5.92. The molecule has 0 fully saturated rings. The van der Waals surface area contributed by atoms with Gasteiger partial charge < -0.3 is 14.6 Å². The topological polar surface area (TPSA) is 84.4 Å². The number of halogens is 1. The molecule has 1 heterocycles. The first kappa shape index (κ1) is 20.2. The Labute approximate surface area is 177 Å². The maximum Gasteiger partial charge on any atom is 0.339 e. The van der Waals surface area contributed by atoms with Crippen LogP contribution in [-0.4, -0.2) is 27.9 Å². The zero-order chi connectivity index (χ0) is 21.8. The molecule has 1 aromatic heterocycles. The number of hydrogen-bond acceptors (Lipinski definition) is 4. The third-order valence-corrected chi connectivity index (χ3v) is 4.68. The second-order valence-corrected chi connectivity index (χ2v) is 6.69. The average Bonchev–Trinajstić information content (AvgIpc) is 3.21. The highest BCUT2D eigenvalue weighted by Crippen LogP contribution is 2.33. The van der Waals surface area contributed by atoms with Gasteiger partial charge in [-0.2, -0.15) is 4.39 Å². The number of ether oxygens (including phenoxy) is 2. The van der Waals surface area contributed by atoms with Gasteiger partial charge in [0, 0.05) is 6.20 Å². The van der Waals surface area contributed by atoms with Gasteiger partial charge in [-0.1, -0.05) is 30.3 Å². The van der Waals surface area contributed by atoms with Crippen molar-refractivity contribution in [3.8, 4) is 39.5 Å². The number of carbonyl (C=O) groups is 1.